The third-order valence-corrected chi connectivity index (χ3v) is 15.5. The zero-order valence-electron chi connectivity index (χ0n) is 45.2. The van der Waals surface area contributed by atoms with Crippen molar-refractivity contribution in [2.45, 2.75) is 121 Å². The number of hydrogen-bond acceptors (Lipinski definition) is 19. The van der Waals surface area contributed by atoms with E-state index in [0.29, 0.717) is 90.5 Å². The number of sulfone groups is 1. The van der Waals surface area contributed by atoms with E-state index in [0.717, 1.165) is 55.0 Å². The number of ether oxygens (including phenoxy) is 4. The molecule has 3 amide bonds. The summed E-state index contributed by atoms with van der Waals surface area (Å²) in [6.07, 6.45) is 8.91. The van der Waals surface area contributed by atoms with E-state index in [4.69, 9.17) is 23.9 Å². The second kappa shape index (κ2) is 24.2. The molecule has 3 atom stereocenters. The molecule has 2 aromatic carbocycles. The molecule has 0 spiro atoms. The Hall–Kier alpha value is -7.57. The van der Waals surface area contributed by atoms with Crippen molar-refractivity contribution in [3.8, 4) is 22.9 Å². The van der Waals surface area contributed by atoms with Gasteiger partial charge in [0.1, 0.15) is 25.3 Å². The summed E-state index contributed by atoms with van der Waals surface area (Å²) in [6.45, 7) is 6.23. The lowest BCUT2D eigenvalue weighted by molar-refractivity contribution is -0.172. The summed E-state index contributed by atoms with van der Waals surface area (Å²) in [5.74, 6) is -0.274. The van der Waals surface area contributed by atoms with Crippen molar-refractivity contribution < 1.29 is 51.6 Å². The van der Waals surface area contributed by atoms with E-state index >= 15 is 0 Å². The van der Waals surface area contributed by atoms with E-state index < -0.39 is 33.5 Å². The van der Waals surface area contributed by atoms with E-state index in [1.54, 1.807) is 52.8 Å². The molecule has 420 valence electrons. The molecule has 3 aromatic heterocycles. The molecular weight excluding hydrogens is 1040 g/mol. The van der Waals surface area contributed by atoms with Gasteiger partial charge in [-0.25, -0.2) is 33.0 Å². The van der Waals surface area contributed by atoms with Crippen LogP contribution in [0.4, 0.5) is 10.5 Å². The molecule has 0 aliphatic carbocycles. The third-order valence-electron chi connectivity index (χ3n) is 14.7. The number of nitrogens with one attached hydrogen (secondary N) is 2. The number of fused-ring (bicyclic) bond motifs is 6. The molecule has 79 heavy (non-hydrogen) atoms. The number of pyridine rings is 2. The number of carbonyl (C=O) groups is 4. The van der Waals surface area contributed by atoms with E-state index in [9.17, 15) is 37.5 Å². The van der Waals surface area contributed by atoms with Gasteiger partial charge in [-0.1, -0.05) is 37.6 Å². The average Bonchev–Trinajstić information content (AvgIpc) is 4.09. The minimum absolute atomic E-state index is 0.0139. The highest BCUT2D eigenvalue weighted by Gasteiger charge is 2.45. The maximum absolute atomic E-state index is 14.1. The zero-order chi connectivity index (χ0) is 56.0. The van der Waals surface area contributed by atoms with Gasteiger partial charge in [0.05, 0.1) is 35.6 Å². The molecule has 24 heteroatoms. The van der Waals surface area contributed by atoms with Crippen LogP contribution in [-0.4, -0.2) is 138 Å². The van der Waals surface area contributed by atoms with Gasteiger partial charge in [-0.05, 0) is 107 Å². The van der Waals surface area contributed by atoms with Crippen LogP contribution in [0.5, 0.6) is 11.5 Å². The van der Waals surface area contributed by atoms with E-state index in [1.165, 1.54) is 12.4 Å². The van der Waals surface area contributed by atoms with Gasteiger partial charge in [0.15, 0.2) is 17.1 Å². The van der Waals surface area contributed by atoms with Crippen LogP contribution in [0, 0.1) is 0 Å². The van der Waals surface area contributed by atoms with Gasteiger partial charge in [0.25, 0.3) is 5.56 Å². The molecule has 7 heterocycles. The molecule has 23 nitrogen and oxygen atoms in total. The van der Waals surface area contributed by atoms with Gasteiger partial charge in [-0.3, -0.25) is 19.4 Å². The summed E-state index contributed by atoms with van der Waals surface area (Å²) < 4.78 is 47.6. The largest absolute Gasteiger partial charge is 0.458 e. The summed E-state index contributed by atoms with van der Waals surface area (Å²) in [4.78, 5) is 84.3. The number of unbranched alkanes of at least 4 members (excludes halogenated alkanes) is 3. The Labute approximate surface area is 457 Å². The quantitative estimate of drug-likeness (QED) is 0.0370. The highest BCUT2D eigenvalue weighted by atomic mass is 32.2. The number of benzene rings is 2. The molecule has 0 saturated heterocycles. The van der Waals surface area contributed by atoms with Gasteiger partial charge in [0.2, 0.25) is 33.6 Å². The highest BCUT2D eigenvalue weighted by Crippen LogP contribution is 2.43. The minimum atomic E-state index is -3.51. The van der Waals surface area contributed by atoms with Crippen molar-refractivity contribution in [2.24, 2.45) is 10.3 Å². The van der Waals surface area contributed by atoms with Gasteiger partial charge in [0, 0.05) is 78.5 Å². The fourth-order valence-corrected chi connectivity index (χ4v) is 10.8. The number of rotatable bonds is 24. The van der Waals surface area contributed by atoms with Gasteiger partial charge < -0.3 is 49.1 Å². The lowest BCUT2D eigenvalue weighted by Crippen LogP contribution is -2.44. The predicted octanol–water partition coefficient (Wildman–Crippen LogP) is 5.73. The number of aromatic nitrogens is 4. The molecule has 3 N–H and O–H groups in total. The van der Waals surface area contributed by atoms with E-state index in [2.05, 4.69) is 35.8 Å². The molecule has 0 bridgehead atoms. The Morgan fingerprint density at radius 3 is 2.42 bits per heavy atom. The van der Waals surface area contributed by atoms with Crippen molar-refractivity contribution in [3.05, 3.63) is 98.6 Å². The second-order valence-electron chi connectivity index (χ2n) is 20.7. The molecule has 5 aromatic rings. The maximum Gasteiger partial charge on any atom is 0.410 e. The maximum atomic E-state index is 14.1. The summed E-state index contributed by atoms with van der Waals surface area (Å²) in [5.41, 5.74) is 3.18. The summed E-state index contributed by atoms with van der Waals surface area (Å²) >= 11 is 0. The Kier molecular flexibility index (Phi) is 17.2. The fourth-order valence-electron chi connectivity index (χ4n) is 10.3. The summed E-state index contributed by atoms with van der Waals surface area (Å²) in [7, 11) is 0.468. The van der Waals surface area contributed by atoms with Crippen LogP contribution >= 0.6 is 0 Å². The van der Waals surface area contributed by atoms with Crippen molar-refractivity contribution in [1.29, 1.82) is 0 Å². The Morgan fingerprint density at radius 2 is 1.70 bits per heavy atom. The van der Waals surface area contributed by atoms with E-state index in [-0.39, 0.29) is 85.6 Å². The highest BCUT2D eigenvalue weighted by molar-refractivity contribution is 7.90. The first-order valence-corrected chi connectivity index (χ1v) is 28.7. The van der Waals surface area contributed by atoms with Crippen LogP contribution in [0.1, 0.15) is 111 Å². The number of anilines is 1. The first-order valence-electron chi connectivity index (χ1n) is 26.8. The number of nitrogens with zero attached hydrogens (tertiary/aromatic N) is 9. The van der Waals surface area contributed by atoms with Crippen LogP contribution in [0.15, 0.2) is 75.1 Å². The Bertz CT molecular complexity index is 3320. The van der Waals surface area contributed by atoms with Gasteiger partial charge in [-0.2, -0.15) is 5.11 Å². The molecule has 4 aliphatic rings. The van der Waals surface area contributed by atoms with Crippen molar-refractivity contribution >= 4 is 50.3 Å². The summed E-state index contributed by atoms with van der Waals surface area (Å²) in [5, 5.41) is 28.3. The average molecular weight is 1110 g/mol. The van der Waals surface area contributed by atoms with Crippen molar-refractivity contribution in [1.82, 2.24) is 39.6 Å². The zero-order valence-corrected chi connectivity index (χ0v) is 46.0. The van der Waals surface area contributed by atoms with Crippen LogP contribution < -0.4 is 25.7 Å². The third kappa shape index (κ3) is 12.7. The number of amides is 3. The Morgan fingerprint density at radius 1 is 0.937 bits per heavy atom. The van der Waals surface area contributed by atoms with Crippen LogP contribution in [0.3, 0.4) is 0 Å². The molecule has 4 aliphatic heterocycles. The second-order valence-corrected chi connectivity index (χ2v) is 22.6. The SMILES string of the molecule is CCCN(CCc1c2c(nc3cc4c(cc13)OCO4)-c1cc3c(c(=O)n1C2)COC(=O)[C@]3(O)CC)C(=O)OCc1ccc(NC(=O)[C@H](CCCCN(C)C)NC(=O)CCCCCN2CC(c3cnc(S(C)(=O)=O)nc3)N=N2)cc1. The predicted molar refractivity (Wildman–Crippen MR) is 289 cm³/mol. The number of carbonyl (C=O) groups excluding carboxylic acids is 4. The monoisotopic (exact) mass is 1110 g/mol. The lowest BCUT2D eigenvalue weighted by Gasteiger charge is -2.31. The number of esters is 1. The Balaban J connectivity index is 0.787. The first-order chi connectivity index (χ1) is 37.9. The van der Waals surface area contributed by atoms with Crippen LogP contribution in [0.25, 0.3) is 22.3 Å². The lowest BCUT2D eigenvalue weighted by atomic mass is 9.86. The molecular formula is C55H67N11O12S. The molecule has 9 rings (SSSR count). The molecule has 1 unspecified atom stereocenters. The van der Waals surface area contributed by atoms with Crippen molar-refractivity contribution in [2.75, 3.05) is 65.2 Å². The summed E-state index contributed by atoms with van der Waals surface area (Å²) in [6, 6.07) is 11.3. The van der Waals surface area contributed by atoms with Gasteiger partial charge in [-0.15, -0.1) is 0 Å². The first kappa shape index (κ1) is 56.2. The van der Waals surface area contributed by atoms with Crippen LogP contribution in [-0.2, 0) is 65.5 Å². The smallest absolute Gasteiger partial charge is 0.410 e. The van der Waals surface area contributed by atoms with E-state index in [1.807, 2.05) is 32.1 Å². The van der Waals surface area contributed by atoms with Crippen LogP contribution in [0.2, 0.25) is 0 Å². The van der Waals surface area contributed by atoms with Gasteiger partial charge >= 0.3 is 12.1 Å². The normalized spacial score (nSPS) is 17.3. The minimum Gasteiger partial charge on any atom is -0.458 e. The number of hydrogen-bond donors (Lipinski definition) is 3. The number of aliphatic hydroxyl groups is 1. The molecule has 0 saturated carbocycles. The standard InChI is InChI=1S/C55H67N11O12S/c1-6-20-64(23-19-37-38-24-46-47(78-33-77-46)26-43(38)60-49-39(37)29-66-45(49)25-41-40(51(66)69)32-75-52(70)55(41,72)7-2)54(71)76-31-34-15-17-36(18-16-34)58-50(68)42(13-10-12-21-63(3)4)59-48(67)14-9-8-11-22-65-30-44(61-62-65)35-27-56-53(57-28-35)79(5,73)74/h15-18,24-28,42,44,72H,6-14,19-23,29-33H2,1-5H3,(H,58,68)(H,59,67)/t42-,44?,55-/m0/s1. The molecule has 0 fully saturated rings. The van der Waals surface area contributed by atoms with Crippen molar-refractivity contribution in [3.63, 3.8) is 0 Å². The number of cyclic esters (lactones) is 1. The topological polar surface area (TPSA) is 279 Å². The molecule has 0 radical (unpaired) electrons. The fraction of sp³-hybridized carbons (Fsp3) is 0.491.